The fourth-order valence-electron chi connectivity index (χ4n) is 5.23. The number of carboxylic acid groups (broad SMARTS) is 3. The van der Waals surface area contributed by atoms with Crippen molar-refractivity contribution in [2.24, 2.45) is 0 Å². The molecule has 296 valence electrons. The standard InChI is InChI=1S/C27H52N6O16P2/c1-20(34)25(26(42)28-7-6-27(43,50(44,46-2)47-3)51(45,48-4)49-5)29-21(35)16-30-8-10-31(17-22(36)37)12-14-33(19-24(40)41)15-13-32(11-9-30)18-23(38)39/h20,25,34,43H,6-19H2,1-5H3,(H,28,42)(H,29,35)(H,36,37)(H,38,39)(H,40,41). The Morgan fingerprint density at radius 3 is 1.25 bits per heavy atom. The fraction of sp³-hybridized carbons (Fsp3) is 0.815. The van der Waals surface area contributed by atoms with Crippen LogP contribution in [0.4, 0.5) is 0 Å². The first kappa shape index (κ1) is 46.4. The summed E-state index contributed by atoms with van der Waals surface area (Å²) in [4.78, 5) is 67.1. The molecule has 2 amide bonds. The lowest BCUT2D eigenvalue weighted by molar-refractivity contribution is -0.140. The highest BCUT2D eigenvalue weighted by atomic mass is 31.2. The summed E-state index contributed by atoms with van der Waals surface area (Å²) in [6.45, 7) is 0.561. The predicted octanol–water partition coefficient (Wildman–Crippen LogP) is -2.55. The van der Waals surface area contributed by atoms with Gasteiger partial charge < -0.3 is 54.3 Å². The molecule has 1 aliphatic heterocycles. The lowest BCUT2D eigenvalue weighted by atomic mass is 10.1. The number of rotatable bonds is 20. The van der Waals surface area contributed by atoms with Crippen molar-refractivity contribution >= 4 is 44.9 Å². The molecule has 1 saturated heterocycles. The van der Waals surface area contributed by atoms with E-state index < -0.39 is 75.1 Å². The molecule has 24 heteroatoms. The van der Waals surface area contributed by atoms with Crippen molar-refractivity contribution in [3.8, 4) is 0 Å². The van der Waals surface area contributed by atoms with Crippen molar-refractivity contribution in [1.82, 2.24) is 30.2 Å². The Labute approximate surface area is 296 Å². The summed E-state index contributed by atoms with van der Waals surface area (Å²) in [5.74, 6) is -4.99. The summed E-state index contributed by atoms with van der Waals surface area (Å²) in [5, 5.41) is 51.6. The minimum Gasteiger partial charge on any atom is -0.480 e. The maximum atomic E-state index is 13.2. The van der Waals surface area contributed by atoms with E-state index in [0.717, 1.165) is 28.4 Å². The summed E-state index contributed by atoms with van der Waals surface area (Å²) < 4.78 is 45.7. The minimum atomic E-state index is -4.59. The van der Waals surface area contributed by atoms with Gasteiger partial charge in [0.1, 0.15) is 6.04 Å². The minimum absolute atomic E-state index is 0.128. The zero-order valence-electron chi connectivity index (χ0n) is 29.5. The van der Waals surface area contributed by atoms with Crippen LogP contribution in [0.3, 0.4) is 0 Å². The van der Waals surface area contributed by atoms with Gasteiger partial charge in [0.25, 0.3) is 5.08 Å². The first-order valence-corrected chi connectivity index (χ1v) is 18.8. The van der Waals surface area contributed by atoms with Crippen LogP contribution in [0.25, 0.3) is 0 Å². The molecule has 7 N–H and O–H groups in total. The zero-order chi connectivity index (χ0) is 39.0. The molecule has 2 atom stereocenters. The van der Waals surface area contributed by atoms with Crippen LogP contribution in [0.2, 0.25) is 0 Å². The molecule has 0 saturated carbocycles. The molecule has 22 nitrogen and oxygen atoms in total. The van der Waals surface area contributed by atoms with Crippen LogP contribution in [0.5, 0.6) is 0 Å². The van der Waals surface area contributed by atoms with E-state index >= 15 is 0 Å². The van der Waals surface area contributed by atoms with Gasteiger partial charge in [0.2, 0.25) is 11.8 Å². The molecule has 0 aromatic rings. The first-order chi connectivity index (χ1) is 23.8. The van der Waals surface area contributed by atoms with Crippen LogP contribution in [0, 0.1) is 0 Å². The molecule has 0 bridgehead atoms. The molecular formula is C27H52N6O16P2. The van der Waals surface area contributed by atoms with Crippen LogP contribution < -0.4 is 10.6 Å². The van der Waals surface area contributed by atoms with E-state index in [-0.39, 0.29) is 78.5 Å². The van der Waals surface area contributed by atoms with Gasteiger partial charge in [0.05, 0.1) is 32.3 Å². The SMILES string of the molecule is COP(=O)(OC)C(O)(CCNC(=O)C(NC(=O)CN1CCN(CC(=O)O)CCN(CC(=O)O)CCN(CC(=O)O)CC1)C(C)O)P(=O)(OC)OC. The van der Waals surface area contributed by atoms with Crippen molar-refractivity contribution in [2.45, 2.75) is 30.6 Å². The lowest BCUT2D eigenvalue weighted by Crippen LogP contribution is -2.55. The van der Waals surface area contributed by atoms with Gasteiger partial charge in [-0.05, 0) is 6.92 Å². The van der Waals surface area contributed by atoms with E-state index in [1.807, 2.05) is 0 Å². The molecule has 2 unspecified atom stereocenters. The molecule has 0 aromatic heterocycles. The van der Waals surface area contributed by atoms with Gasteiger partial charge in [-0.3, -0.25) is 52.7 Å². The summed E-state index contributed by atoms with van der Waals surface area (Å²) in [5.41, 5.74) is 0. The number of carbonyl (C=O) groups excluding carboxylic acids is 2. The van der Waals surface area contributed by atoms with Gasteiger partial charge in [-0.1, -0.05) is 0 Å². The third-order valence-electron chi connectivity index (χ3n) is 8.05. The largest absolute Gasteiger partial charge is 0.480 e. The normalized spacial score (nSPS) is 18.2. The average molecular weight is 779 g/mol. The molecular weight excluding hydrogens is 726 g/mol. The first-order valence-electron chi connectivity index (χ1n) is 15.8. The number of carboxylic acids is 3. The molecule has 51 heavy (non-hydrogen) atoms. The zero-order valence-corrected chi connectivity index (χ0v) is 31.3. The fourth-order valence-corrected chi connectivity index (χ4v) is 9.65. The van der Waals surface area contributed by atoms with E-state index in [9.17, 15) is 58.6 Å². The summed E-state index contributed by atoms with van der Waals surface area (Å²) in [6, 6.07) is -1.54. The van der Waals surface area contributed by atoms with Crippen molar-refractivity contribution < 1.29 is 76.7 Å². The quantitative estimate of drug-likeness (QED) is 0.0626. The van der Waals surface area contributed by atoms with Crippen LogP contribution in [-0.4, -0.2) is 206 Å². The number of amides is 2. The van der Waals surface area contributed by atoms with E-state index in [1.165, 1.54) is 6.92 Å². The van der Waals surface area contributed by atoms with E-state index in [0.29, 0.717) is 0 Å². The summed E-state index contributed by atoms with van der Waals surface area (Å²) >= 11 is 0. The third-order valence-corrected chi connectivity index (χ3v) is 13.6. The van der Waals surface area contributed by atoms with Crippen molar-refractivity contribution in [3.63, 3.8) is 0 Å². The van der Waals surface area contributed by atoms with Crippen LogP contribution in [-0.2, 0) is 51.2 Å². The van der Waals surface area contributed by atoms with Crippen molar-refractivity contribution in [1.29, 1.82) is 0 Å². The maximum Gasteiger partial charge on any atom is 0.374 e. The average Bonchev–Trinajstić information content (AvgIpc) is 3.06. The molecule has 0 spiro atoms. The van der Waals surface area contributed by atoms with Gasteiger partial charge >= 0.3 is 33.1 Å². The maximum absolute atomic E-state index is 13.2. The highest BCUT2D eigenvalue weighted by molar-refractivity contribution is 7.73. The number of carbonyl (C=O) groups is 5. The molecule has 1 rings (SSSR count). The Morgan fingerprint density at radius 1 is 0.667 bits per heavy atom. The monoisotopic (exact) mass is 778 g/mol. The number of hydrogen-bond acceptors (Lipinski definition) is 17. The number of hydrogen-bond donors (Lipinski definition) is 7. The molecule has 0 radical (unpaired) electrons. The van der Waals surface area contributed by atoms with Gasteiger partial charge in [0.15, 0.2) is 0 Å². The number of aliphatic hydroxyl groups excluding tert-OH is 1. The van der Waals surface area contributed by atoms with Crippen LogP contribution in [0.1, 0.15) is 13.3 Å². The molecule has 0 aliphatic carbocycles. The van der Waals surface area contributed by atoms with Gasteiger partial charge in [-0.2, -0.15) is 0 Å². The second-order valence-electron chi connectivity index (χ2n) is 11.6. The second kappa shape index (κ2) is 21.8. The van der Waals surface area contributed by atoms with Crippen LogP contribution in [0.15, 0.2) is 0 Å². The van der Waals surface area contributed by atoms with Gasteiger partial charge in [-0.15, -0.1) is 0 Å². The summed E-state index contributed by atoms with van der Waals surface area (Å²) in [6.07, 6.45) is -2.18. The van der Waals surface area contributed by atoms with E-state index in [2.05, 4.69) is 10.6 Å². The highest BCUT2D eigenvalue weighted by Gasteiger charge is 2.63. The molecule has 0 aromatic carbocycles. The van der Waals surface area contributed by atoms with Crippen LogP contribution >= 0.6 is 15.2 Å². The topological polar surface area (TPSA) is 295 Å². The number of nitrogens with zero attached hydrogens (tertiary/aromatic N) is 4. The Hall–Kier alpha value is -2.59. The Bertz CT molecular complexity index is 1200. The highest BCUT2D eigenvalue weighted by Crippen LogP contribution is 2.76. The molecule has 1 aliphatic rings. The Kier molecular flexibility index (Phi) is 19.9. The predicted molar refractivity (Wildman–Crippen MR) is 178 cm³/mol. The Balaban J connectivity index is 3.13. The molecule has 1 heterocycles. The van der Waals surface area contributed by atoms with E-state index in [1.54, 1.807) is 19.6 Å². The second-order valence-corrected chi connectivity index (χ2v) is 16.9. The number of nitrogens with one attached hydrogen (secondary N) is 2. The third kappa shape index (κ3) is 14.4. The van der Waals surface area contributed by atoms with Gasteiger partial charge in [-0.25, -0.2) is 0 Å². The Morgan fingerprint density at radius 2 is 0.980 bits per heavy atom. The van der Waals surface area contributed by atoms with E-state index in [4.69, 9.17) is 18.1 Å². The molecule has 1 fully saturated rings. The lowest BCUT2D eigenvalue weighted by Gasteiger charge is -2.36. The number of aliphatic carboxylic acids is 3. The number of aliphatic hydroxyl groups is 2. The van der Waals surface area contributed by atoms with Crippen molar-refractivity contribution in [3.05, 3.63) is 0 Å². The van der Waals surface area contributed by atoms with Crippen molar-refractivity contribution in [2.75, 3.05) is 114 Å². The smallest absolute Gasteiger partial charge is 0.374 e. The van der Waals surface area contributed by atoms with Gasteiger partial charge in [0, 0.05) is 93.8 Å². The summed E-state index contributed by atoms with van der Waals surface area (Å²) in [7, 11) is -5.43.